The van der Waals surface area contributed by atoms with Crippen LogP contribution < -0.4 is 0 Å². The van der Waals surface area contributed by atoms with E-state index in [0.717, 1.165) is 5.56 Å². The standard InChI is InChI=1S/C10H10N4O2/c1-8-10(14(15)16)7-13(12-8)6-9-2-4-11-5-3-9/h2-5,7H,6H2,1H3. The monoisotopic (exact) mass is 218 g/mol. The maximum absolute atomic E-state index is 10.6. The van der Waals surface area contributed by atoms with Crippen molar-refractivity contribution in [3.05, 3.63) is 52.1 Å². The number of aryl methyl sites for hydroxylation is 1. The van der Waals surface area contributed by atoms with Crippen molar-refractivity contribution in [2.24, 2.45) is 0 Å². The summed E-state index contributed by atoms with van der Waals surface area (Å²) < 4.78 is 1.56. The molecule has 0 atom stereocenters. The van der Waals surface area contributed by atoms with Gasteiger partial charge in [0.15, 0.2) is 0 Å². The molecule has 0 bridgehead atoms. The van der Waals surface area contributed by atoms with E-state index in [9.17, 15) is 10.1 Å². The largest absolute Gasteiger partial charge is 0.309 e. The van der Waals surface area contributed by atoms with E-state index in [4.69, 9.17) is 0 Å². The molecule has 0 saturated carbocycles. The fourth-order valence-corrected chi connectivity index (χ4v) is 1.44. The molecule has 0 aliphatic rings. The Kier molecular flexibility index (Phi) is 2.63. The van der Waals surface area contributed by atoms with Crippen LogP contribution in [0.15, 0.2) is 30.7 Å². The Morgan fingerprint density at radius 3 is 2.69 bits per heavy atom. The highest BCUT2D eigenvalue weighted by atomic mass is 16.6. The molecule has 0 amide bonds. The third-order valence-corrected chi connectivity index (χ3v) is 2.21. The molecule has 6 nitrogen and oxygen atoms in total. The molecule has 0 aromatic carbocycles. The smallest absolute Gasteiger partial charge is 0.265 e. The fourth-order valence-electron chi connectivity index (χ4n) is 1.44. The predicted molar refractivity (Wildman–Crippen MR) is 57.0 cm³/mol. The second-order valence-electron chi connectivity index (χ2n) is 3.41. The van der Waals surface area contributed by atoms with Crippen LogP contribution in [0, 0.1) is 17.0 Å². The van der Waals surface area contributed by atoms with E-state index >= 15 is 0 Å². The average Bonchev–Trinajstić information content (AvgIpc) is 2.61. The van der Waals surface area contributed by atoms with Crippen molar-refractivity contribution >= 4 is 5.69 Å². The molecule has 2 aromatic heterocycles. The Labute approximate surface area is 91.7 Å². The van der Waals surface area contributed by atoms with Gasteiger partial charge in [-0.1, -0.05) is 0 Å². The minimum atomic E-state index is -0.425. The lowest BCUT2D eigenvalue weighted by molar-refractivity contribution is -0.385. The summed E-state index contributed by atoms with van der Waals surface area (Å²) in [6.45, 7) is 2.14. The first-order valence-electron chi connectivity index (χ1n) is 4.74. The average molecular weight is 218 g/mol. The van der Waals surface area contributed by atoms with Gasteiger partial charge in [-0.15, -0.1) is 0 Å². The maximum Gasteiger partial charge on any atom is 0.309 e. The van der Waals surface area contributed by atoms with Crippen LogP contribution >= 0.6 is 0 Å². The number of pyridine rings is 1. The van der Waals surface area contributed by atoms with Gasteiger partial charge >= 0.3 is 5.69 Å². The molecule has 2 rings (SSSR count). The molecule has 6 heteroatoms. The SMILES string of the molecule is Cc1nn(Cc2ccncc2)cc1[N+](=O)[O-]. The molecule has 2 aromatic rings. The first-order valence-corrected chi connectivity index (χ1v) is 4.74. The van der Waals surface area contributed by atoms with Crippen molar-refractivity contribution < 1.29 is 4.92 Å². The Morgan fingerprint density at radius 1 is 1.44 bits per heavy atom. The molecule has 0 unspecified atom stereocenters. The lowest BCUT2D eigenvalue weighted by Crippen LogP contribution is -2.00. The Balaban J connectivity index is 2.23. The van der Waals surface area contributed by atoms with Crippen molar-refractivity contribution in [1.82, 2.24) is 14.8 Å². The Hall–Kier alpha value is -2.24. The van der Waals surface area contributed by atoms with Gasteiger partial charge in [0.25, 0.3) is 0 Å². The number of hydrogen-bond donors (Lipinski definition) is 0. The molecule has 0 saturated heterocycles. The van der Waals surface area contributed by atoms with Gasteiger partial charge in [-0.25, -0.2) is 0 Å². The summed E-state index contributed by atoms with van der Waals surface area (Å²) in [6, 6.07) is 3.70. The molecular formula is C10H10N4O2. The van der Waals surface area contributed by atoms with Crippen LogP contribution in [0.25, 0.3) is 0 Å². The van der Waals surface area contributed by atoms with Crippen LogP contribution in [0.3, 0.4) is 0 Å². The zero-order chi connectivity index (χ0) is 11.5. The minimum absolute atomic E-state index is 0.0501. The number of rotatable bonds is 3. The van der Waals surface area contributed by atoms with E-state index in [1.165, 1.54) is 6.20 Å². The van der Waals surface area contributed by atoms with Gasteiger partial charge in [0.2, 0.25) is 0 Å². The summed E-state index contributed by atoms with van der Waals surface area (Å²) in [4.78, 5) is 14.1. The number of hydrogen-bond acceptors (Lipinski definition) is 4. The lowest BCUT2D eigenvalue weighted by atomic mass is 10.3. The second kappa shape index (κ2) is 4.09. The van der Waals surface area contributed by atoms with E-state index in [-0.39, 0.29) is 5.69 Å². The quantitative estimate of drug-likeness (QED) is 0.578. The number of aromatic nitrogens is 3. The van der Waals surface area contributed by atoms with Crippen molar-refractivity contribution in [1.29, 1.82) is 0 Å². The highest BCUT2D eigenvalue weighted by Crippen LogP contribution is 2.15. The van der Waals surface area contributed by atoms with Gasteiger partial charge in [-0.05, 0) is 24.6 Å². The Morgan fingerprint density at radius 2 is 2.12 bits per heavy atom. The molecule has 0 fully saturated rings. The molecule has 82 valence electrons. The molecule has 16 heavy (non-hydrogen) atoms. The fraction of sp³-hybridized carbons (Fsp3) is 0.200. The molecule has 0 aliphatic carbocycles. The van der Waals surface area contributed by atoms with Gasteiger partial charge < -0.3 is 0 Å². The molecule has 0 aliphatic heterocycles. The third-order valence-electron chi connectivity index (χ3n) is 2.21. The van der Waals surface area contributed by atoms with Crippen molar-refractivity contribution in [2.45, 2.75) is 13.5 Å². The number of nitrogens with zero attached hydrogens (tertiary/aromatic N) is 4. The minimum Gasteiger partial charge on any atom is -0.265 e. The zero-order valence-corrected chi connectivity index (χ0v) is 8.70. The maximum atomic E-state index is 10.6. The van der Waals surface area contributed by atoms with Gasteiger partial charge in [0, 0.05) is 12.4 Å². The molecule has 2 heterocycles. The first-order chi connectivity index (χ1) is 7.66. The van der Waals surface area contributed by atoms with Crippen molar-refractivity contribution in [2.75, 3.05) is 0 Å². The van der Waals surface area contributed by atoms with Crippen LogP contribution in [0.4, 0.5) is 5.69 Å². The first kappa shape index (κ1) is 10.3. The van der Waals surface area contributed by atoms with Crippen LogP contribution in [0.5, 0.6) is 0 Å². The molecule has 0 spiro atoms. The highest BCUT2D eigenvalue weighted by Gasteiger charge is 2.14. The van der Waals surface area contributed by atoms with Crippen LogP contribution in [0.1, 0.15) is 11.3 Å². The van der Waals surface area contributed by atoms with Crippen LogP contribution in [-0.2, 0) is 6.54 Å². The van der Waals surface area contributed by atoms with Crippen LogP contribution in [-0.4, -0.2) is 19.7 Å². The summed E-state index contributed by atoms with van der Waals surface area (Å²) in [7, 11) is 0. The van der Waals surface area contributed by atoms with Gasteiger partial charge in [-0.2, -0.15) is 5.10 Å². The highest BCUT2D eigenvalue weighted by molar-refractivity contribution is 5.31. The normalized spacial score (nSPS) is 10.3. The van der Waals surface area contributed by atoms with E-state index in [2.05, 4.69) is 10.1 Å². The summed E-state index contributed by atoms with van der Waals surface area (Å²) in [5.41, 5.74) is 1.49. The van der Waals surface area contributed by atoms with Crippen LogP contribution in [0.2, 0.25) is 0 Å². The van der Waals surface area contributed by atoms with Gasteiger partial charge in [0.1, 0.15) is 11.9 Å². The molecule has 0 radical (unpaired) electrons. The van der Waals surface area contributed by atoms with Crippen molar-refractivity contribution in [3.63, 3.8) is 0 Å². The second-order valence-corrected chi connectivity index (χ2v) is 3.41. The summed E-state index contributed by atoms with van der Waals surface area (Å²) in [5.74, 6) is 0. The summed E-state index contributed by atoms with van der Waals surface area (Å²) in [5, 5.41) is 14.7. The topological polar surface area (TPSA) is 73.8 Å². The third kappa shape index (κ3) is 2.05. The van der Waals surface area contributed by atoms with E-state index in [1.54, 1.807) is 24.0 Å². The lowest BCUT2D eigenvalue weighted by Gasteiger charge is -1.99. The summed E-state index contributed by atoms with van der Waals surface area (Å²) >= 11 is 0. The predicted octanol–water partition coefficient (Wildman–Crippen LogP) is 1.54. The van der Waals surface area contributed by atoms with E-state index < -0.39 is 4.92 Å². The molecule has 0 N–H and O–H groups in total. The van der Waals surface area contributed by atoms with E-state index in [1.807, 2.05) is 12.1 Å². The Bertz CT molecular complexity index is 507. The van der Waals surface area contributed by atoms with E-state index in [0.29, 0.717) is 12.2 Å². The zero-order valence-electron chi connectivity index (χ0n) is 8.70. The van der Waals surface area contributed by atoms with Crippen molar-refractivity contribution in [3.8, 4) is 0 Å². The van der Waals surface area contributed by atoms with Gasteiger partial charge in [-0.3, -0.25) is 19.8 Å². The van der Waals surface area contributed by atoms with Gasteiger partial charge in [0.05, 0.1) is 11.5 Å². The summed E-state index contributed by atoms with van der Waals surface area (Å²) in [6.07, 6.45) is 4.80. The molecular weight excluding hydrogens is 208 g/mol. The number of nitro groups is 1.